The summed E-state index contributed by atoms with van der Waals surface area (Å²) >= 11 is 0. The molecule has 0 bridgehead atoms. The van der Waals surface area contributed by atoms with E-state index < -0.39 is 52.3 Å². The molecule has 1 aliphatic heterocycles. The van der Waals surface area contributed by atoms with Gasteiger partial charge >= 0.3 is 17.6 Å². The zero-order valence-corrected chi connectivity index (χ0v) is 25.9. The zero-order valence-electron chi connectivity index (χ0n) is 25.9. The molecule has 2 aromatic rings. The Bertz CT molecular complexity index is 1410. The smallest absolute Gasteiger partial charge is 0.345 e. The molecule has 3 heterocycles. The van der Waals surface area contributed by atoms with Gasteiger partial charge in [0.05, 0.1) is 12.7 Å². The highest BCUT2D eigenvalue weighted by atomic mass is 16.6. The number of nitrogens with zero attached hydrogens (tertiary/aromatic N) is 1. The van der Waals surface area contributed by atoms with Gasteiger partial charge in [-0.1, -0.05) is 27.2 Å². The molecule has 43 heavy (non-hydrogen) atoms. The van der Waals surface area contributed by atoms with E-state index in [0.717, 1.165) is 12.8 Å². The first-order valence-electron chi connectivity index (χ1n) is 15.2. The van der Waals surface area contributed by atoms with Crippen molar-refractivity contribution in [1.29, 1.82) is 0 Å². The lowest BCUT2D eigenvalue weighted by atomic mass is 9.42. The van der Waals surface area contributed by atoms with Crippen LogP contribution in [0.4, 0.5) is 0 Å². The van der Waals surface area contributed by atoms with Gasteiger partial charge in [0, 0.05) is 55.8 Å². The van der Waals surface area contributed by atoms with Crippen LogP contribution in [0, 0.1) is 22.7 Å². The van der Waals surface area contributed by atoms with Gasteiger partial charge in [0.1, 0.15) is 34.9 Å². The van der Waals surface area contributed by atoms with E-state index in [4.69, 9.17) is 23.4 Å². The monoisotopic (exact) mass is 597 g/mol. The summed E-state index contributed by atoms with van der Waals surface area (Å²) in [5.74, 6) is -1.27. The average Bonchev–Trinajstić information content (AvgIpc) is 2.93. The van der Waals surface area contributed by atoms with Crippen LogP contribution in [0.5, 0.6) is 5.75 Å². The van der Waals surface area contributed by atoms with Crippen molar-refractivity contribution in [3.8, 4) is 17.1 Å². The van der Waals surface area contributed by atoms with E-state index in [9.17, 15) is 19.5 Å². The van der Waals surface area contributed by atoms with Crippen LogP contribution in [0.3, 0.4) is 0 Å². The molecule has 10 heteroatoms. The normalized spacial score (nSPS) is 34.6. The molecule has 0 amide bonds. The Hall–Kier alpha value is -3.24. The fourth-order valence-corrected chi connectivity index (χ4v) is 8.32. The Morgan fingerprint density at radius 2 is 1.86 bits per heavy atom. The summed E-state index contributed by atoms with van der Waals surface area (Å²) in [6, 6.07) is 5.09. The molecule has 0 radical (unpaired) electrons. The zero-order chi connectivity index (χ0) is 31.2. The highest BCUT2D eigenvalue weighted by molar-refractivity contribution is 5.67. The molecule has 2 saturated carbocycles. The quantitative estimate of drug-likeness (QED) is 0.327. The molecule has 3 unspecified atom stereocenters. The fraction of sp³-hybridized carbons (Fsp3) is 0.636. The third-order valence-corrected chi connectivity index (χ3v) is 10.2. The summed E-state index contributed by atoms with van der Waals surface area (Å²) in [5.41, 5.74) is -2.52. The minimum Gasteiger partial charge on any atom is -0.482 e. The number of aromatic nitrogens is 1. The Morgan fingerprint density at radius 1 is 1.14 bits per heavy atom. The standard InChI is InChI=1S/C33H43NO9/c1-7-8-14-39-18-32(5)24-16-26(41-20(3)36)33(6)29(31(24,4)12-11-25(32)40-19(2)35)28(37)27-23(43-33)15-22(42-30(27)38)21-10-9-13-34-17-21/h9-10,13,15,17,24-26,28-29,37H,7-8,11-12,14,16,18H2,1-6H3/t24?,25-,26-,28-,29?,31-,32?,33+/m0/s1. The lowest BCUT2D eigenvalue weighted by Gasteiger charge is -2.66. The number of fused-ring (bicyclic) bond motifs is 4. The van der Waals surface area contributed by atoms with Crippen molar-refractivity contribution in [2.24, 2.45) is 22.7 Å². The van der Waals surface area contributed by atoms with E-state index in [1.807, 2.05) is 6.92 Å². The van der Waals surface area contributed by atoms with Crippen LogP contribution >= 0.6 is 0 Å². The molecule has 3 aliphatic rings. The first kappa shape index (κ1) is 31.2. The van der Waals surface area contributed by atoms with Gasteiger partial charge < -0.3 is 28.5 Å². The lowest BCUT2D eigenvalue weighted by molar-refractivity contribution is -0.271. The van der Waals surface area contributed by atoms with Gasteiger partial charge in [-0.25, -0.2) is 4.79 Å². The summed E-state index contributed by atoms with van der Waals surface area (Å²) in [4.78, 5) is 42.3. The number of rotatable bonds is 8. The van der Waals surface area contributed by atoms with Crippen molar-refractivity contribution >= 4 is 11.9 Å². The number of unbranched alkanes of at least 4 members (excludes halogenated alkanes) is 1. The third kappa shape index (κ3) is 5.37. The Morgan fingerprint density at radius 3 is 2.51 bits per heavy atom. The number of pyridine rings is 1. The number of aliphatic hydroxyl groups is 1. The van der Waals surface area contributed by atoms with Crippen LogP contribution in [-0.2, 0) is 23.8 Å². The van der Waals surface area contributed by atoms with E-state index >= 15 is 0 Å². The largest absolute Gasteiger partial charge is 0.482 e. The van der Waals surface area contributed by atoms with Gasteiger partial charge in [-0.3, -0.25) is 14.6 Å². The Labute approximate surface area is 252 Å². The summed E-state index contributed by atoms with van der Waals surface area (Å²) < 4.78 is 30.5. The predicted molar refractivity (Wildman–Crippen MR) is 156 cm³/mol. The summed E-state index contributed by atoms with van der Waals surface area (Å²) in [6.07, 6.45) is 4.12. The maximum absolute atomic E-state index is 13.5. The SMILES string of the molecule is CCCCOCC1(C)C2C[C@H](OC(C)=O)[C@@]3(C)Oc4cc(-c5cccnc5)oc(=O)c4[C@H](O)C3[C@@]2(C)CC[C@@H]1OC(C)=O. The van der Waals surface area contributed by atoms with Gasteiger partial charge in [-0.05, 0) is 56.1 Å². The van der Waals surface area contributed by atoms with E-state index in [2.05, 4.69) is 25.8 Å². The molecule has 2 aliphatic carbocycles. The van der Waals surface area contributed by atoms with Crippen LogP contribution < -0.4 is 10.4 Å². The van der Waals surface area contributed by atoms with Gasteiger partial charge in [0.15, 0.2) is 0 Å². The van der Waals surface area contributed by atoms with Gasteiger partial charge in [0.25, 0.3) is 0 Å². The second-order valence-corrected chi connectivity index (χ2v) is 13.1. The maximum atomic E-state index is 13.5. The van der Waals surface area contributed by atoms with E-state index in [1.165, 1.54) is 13.8 Å². The molecule has 2 fully saturated rings. The maximum Gasteiger partial charge on any atom is 0.345 e. The number of hydrogen-bond acceptors (Lipinski definition) is 10. The molecular weight excluding hydrogens is 554 g/mol. The van der Waals surface area contributed by atoms with Crippen molar-refractivity contribution in [2.45, 2.75) is 97.6 Å². The Kier molecular flexibility index (Phi) is 8.48. The second-order valence-electron chi connectivity index (χ2n) is 13.1. The van der Waals surface area contributed by atoms with Crippen molar-refractivity contribution in [3.63, 3.8) is 0 Å². The van der Waals surface area contributed by atoms with E-state index in [1.54, 1.807) is 30.6 Å². The predicted octanol–water partition coefficient (Wildman–Crippen LogP) is 5.01. The van der Waals surface area contributed by atoms with Gasteiger partial charge in [-0.2, -0.15) is 0 Å². The minimum absolute atomic E-state index is 0.0431. The molecule has 8 atom stereocenters. The molecular formula is C33H43NO9. The molecule has 0 aromatic carbocycles. The van der Waals surface area contributed by atoms with Gasteiger partial charge in [0.2, 0.25) is 0 Å². The van der Waals surface area contributed by atoms with E-state index in [0.29, 0.717) is 38.0 Å². The number of esters is 2. The number of carbonyl (C=O) groups excluding carboxylic acids is 2. The summed E-state index contributed by atoms with van der Waals surface area (Å²) in [6.45, 7) is 11.7. The highest BCUT2D eigenvalue weighted by Gasteiger charge is 2.70. The molecule has 234 valence electrons. The first-order valence-corrected chi connectivity index (χ1v) is 15.2. The van der Waals surface area contributed by atoms with Crippen molar-refractivity contribution in [1.82, 2.24) is 4.98 Å². The summed E-state index contributed by atoms with van der Waals surface area (Å²) in [7, 11) is 0. The molecule has 2 aromatic heterocycles. The first-order chi connectivity index (χ1) is 20.3. The van der Waals surface area contributed by atoms with Crippen LogP contribution in [0.15, 0.2) is 39.8 Å². The number of aliphatic hydroxyl groups excluding tert-OH is 1. The number of ether oxygens (including phenoxy) is 4. The molecule has 0 spiro atoms. The lowest BCUT2D eigenvalue weighted by Crippen LogP contribution is -2.71. The van der Waals surface area contributed by atoms with Crippen molar-refractivity contribution < 1.29 is 38.1 Å². The van der Waals surface area contributed by atoms with E-state index in [-0.39, 0.29) is 29.0 Å². The van der Waals surface area contributed by atoms with Crippen LogP contribution in [-0.4, -0.2) is 53.1 Å². The third-order valence-electron chi connectivity index (χ3n) is 10.2. The molecule has 0 saturated heterocycles. The molecule has 5 rings (SSSR count). The topological polar surface area (TPSA) is 134 Å². The highest BCUT2D eigenvalue weighted by Crippen LogP contribution is 2.67. The number of carbonyl (C=O) groups is 2. The second kappa shape index (κ2) is 11.7. The van der Waals surface area contributed by atoms with Crippen LogP contribution in [0.25, 0.3) is 11.3 Å². The molecule has 1 N–H and O–H groups in total. The Balaban J connectivity index is 1.63. The summed E-state index contributed by atoms with van der Waals surface area (Å²) in [5, 5.41) is 12.1. The van der Waals surface area contributed by atoms with Crippen LogP contribution in [0.1, 0.15) is 85.3 Å². The fourth-order valence-electron chi connectivity index (χ4n) is 8.32. The minimum atomic E-state index is -1.27. The molecule has 10 nitrogen and oxygen atoms in total. The van der Waals surface area contributed by atoms with Crippen molar-refractivity contribution in [2.75, 3.05) is 13.2 Å². The van der Waals surface area contributed by atoms with Crippen molar-refractivity contribution in [3.05, 3.63) is 46.6 Å². The van der Waals surface area contributed by atoms with Gasteiger partial charge in [-0.15, -0.1) is 0 Å². The van der Waals surface area contributed by atoms with Crippen LogP contribution in [0.2, 0.25) is 0 Å². The number of hydrogen-bond donors (Lipinski definition) is 1. The average molecular weight is 598 g/mol.